The molecule has 6 heteroatoms. The summed E-state index contributed by atoms with van der Waals surface area (Å²) in [7, 11) is 1.53. The van der Waals surface area contributed by atoms with E-state index in [-0.39, 0.29) is 12.3 Å². The van der Waals surface area contributed by atoms with Gasteiger partial charge in [-0.1, -0.05) is 0 Å². The molecule has 1 saturated carbocycles. The van der Waals surface area contributed by atoms with Crippen LogP contribution in [-0.2, 0) is 14.3 Å². The fourth-order valence-electron chi connectivity index (χ4n) is 1.69. The number of methoxy groups -OCH3 is 1. The molecule has 0 aromatic carbocycles. The molecule has 2 atom stereocenters. The van der Waals surface area contributed by atoms with Crippen LogP contribution >= 0.6 is 0 Å². The summed E-state index contributed by atoms with van der Waals surface area (Å²) in [6.07, 6.45) is 0.657. The number of aliphatic carboxylic acids is 1. The van der Waals surface area contributed by atoms with Crippen molar-refractivity contribution < 1.29 is 19.4 Å². The molecular formula is C11H16N2O4. The molecule has 1 aliphatic rings. The van der Waals surface area contributed by atoms with Gasteiger partial charge in [-0.2, -0.15) is 5.26 Å². The van der Waals surface area contributed by atoms with Gasteiger partial charge in [-0.05, 0) is 6.42 Å². The third-order valence-electron chi connectivity index (χ3n) is 2.80. The summed E-state index contributed by atoms with van der Waals surface area (Å²) in [6.45, 7) is 1.13. The average Bonchev–Trinajstić information content (AvgIpc) is 3.08. The third-order valence-corrected chi connectivity index (χ3v) is 2.80. The lowest BCUT2D eigenvalue weighted by Crippen LogP contribution is -2.36. The van der Waals surface area contributed by atoms with E-state index in [0.29, 0.717) is 26.1 Å². The maximum absolute atomic E-state index is 11.9. The van der Waals surface area contributed by atoms with Crippen molar-refractivity contribution in [2.75, 3.05) is 26.8 Å². The lowest BCUT2D eigenvalue weighted by Gasteiger charge is -2.21. The van der Waals surface area contributed by atoms with E-state index in [1.807, 2.05) is 6.07 Å². The van der Waals surface area contributed by atoms with Crippen LogP contribution in [0.5, 0.6) is 0 Å². The number of ether oxygens (including phenoxy) is 1. The van der Waals surface area contributed by atoms with E-state index in [2.05, 4.69) is 0 Å². The molecule has 1 N–H and O–H groups in total. The minimum atomic E-state index is -0.921. The van der Waals surface area contributed by atoms with Gasteiger partial charge in [0.05, 0.1) is 30.9 Å². The van der Waals surface area contributed by atoms with E-state index in [1.165, 1.54) is 12.0 Å². The number of nitrogens with zero attached hydrogens (tertiary/aromatic N) is 2. The van der Waals surface area contributed by atoms with Crippen molar-refractivity contribution in [3.63, 3.8) is 0 Å². The summed E-state index contributed by atoms with van der Waals surface area (Å²) >= 11 is 0. The zero-order chi connectivity index (χ0) is 12.8. The molecule has 6 nitrogen and oxygen atoms in total. The van der Waals surface area contributed by atoms with Crippen LogP contribution in [0, 0.1) is 23.2 Å². The molecule has 94 valence electrons. The first kappa shape index (κ1) is 13.5. The molecule has 0 bridgehead atoms. The van der Waals surface area contributed by atoms with Crippen molar-refractivity contribution in [3.05, 3.63) is 0 Å². The SMILES string of the molecule is COCCN(CCC#N)C(=O)C1CC1C(=O)O. The predicted molar refractivity (Wildman–Crippen MR) is 57.9 cm³/mol. The van der Waals surface area contributed by atoms with E-state index in [0.717, 1.165) is 0 Å². The first-order chi connectivity index (χ1) is 8.11. The molecule has 1 aliphatic carbocycles. The Kier molecular flexibility index (Phi) is 4.91. The van der Waals surface area contributed by atoms with Crippen molar-refractivity contribution in [3.8, 4) is 6.07 Å². The number of carbonyl (C=O) groups is 2. The second kappa shape index (κ2) is 6.21. The molecule has 0 saturated heterocycles. The highest BCUT2D eigenvalue weighted by atomic mass is 16.5. The number of rotatable bonds is 7. The third kappa shape index (κ3) is 3.71. The van der Waals surface area contributed by atoms with Crippen LogP contribution < -0.4 is 0 Å². The fourth-order valence-corrected chi connectivity index (χ4v) is 1.69. The minimum absolute atomic E-state index is 0.176. The Bertz CT molecular complexity index is 337. The van der Waals surface area contributed by atoms with E-state index in [4.69, 9.17) is 15.1 Å². The molecule has 0 spiro atoms. The second-order valence-electron chi connectivity index (χ2n) is 4.01. The summed E-state index contributed by atoms with van der Waals surface area (Å²) in [5.41, 5.74) is 0. The van der Waals surface area contributed by atoms with Gasteiger partial charge in [-0.25, -0.2) is 0 Å². The van der Waals surface area contributed by atoms with E-state index >= 15 is 0 Å². The smallest absolute Gasteiger partial charge is 0.307 e. The number of carboxylic acid groups (broad SMARTS) is 1. The van der Waals surface area contributed by atoms with Crippen LogP contribution in [0.15, 0.2) is 0 Å². The highest BCUT2D eigenvalue weighted by Gasteiger charge is 2.49. The molecule has 0 heterocycles. The fraction of sp³-hybridized carbons (Fsp3) is 0.727. The zero-order valence-corrected chi connectivity index (χ0v) is 9.76. The highest BCUT2D eigenvalue weighted by Crippen LogP contribution is 2.40. The largest absolute Gasteiger partial charge is 0.481 e. The number of carbonyl (C=O) groups excluding carboxylic acids is 1. The topological polar surface area (TPSA) is 90.6 Å². The number of amides is 1. The van der Waals surface area contributed by atoms with Crippen molar-refractivity contribution in [2.24, 2.45) is 11.8 Å². The van der Waals surface area contributed by atoms with Gasteiger partial charge in [-0.15, -0.1) is 0 Å². The first-order valence-corrected chi connectivity index (χ1v) is 5.49. The van der Waals surface area contributed by atoms with Gasteiger partial charge in [-0.3, -0.25) is 9.59 Å². The molecule has 1 amide bonds. The van der Waals surface area contributed by atoms with Gasteiger partial charge in [0.2, 0.25) is 5.91 Å². The number of carboxylic acids is 1. The van der Waals surface area contributed by atoms with Crippen molar-refractivity contribution >= 4 is 11.9 Å². The molecule has 0 radical (unpaired) electrons. The maximum atomic E-state index is 11.9. The van der Waals surface area contributed by atoms with Gasteiger partial charge < -0.3 is 14.7 Å². The lowest BCUT2D eigenvalue weighted by atomic mass is 10.2. The number of nitriles is 1. The molecule has 0 aromatic heterocycles. The van der Waals surface area contributed by atoms with Crippen LogP contribution in [0.25, 0.3) is 0 Å². The molecule has 2 unspecified atom stereocenters. The summed E-state index contributed by atoms with van der Waals surface area (Å²) in [6, 6.07) is 1.97. The quantitative estimate of drug-likeness (QED) is 0.681. The molecule has 17 heavy (non-hydrogen) atoms. The van der Waals surface area contributed by atoms with Crippen LogP contribution in [0.1, 0.15) is 12.8 Å². The highest BCUT2D eigenvalue weighted by molar-refractivity contribution is 5.89. The van der Waals surface area contributed by atoms with Gasteiger partial charge in [0, 0.05) is 20.2 Å². The van der Waals surface area contributed by atoms with Crippen LogP contribution in [0.4, 0.5) is 0 Å². The van der Waals surface area contributed by atoms with E-state index in [9.17, 15) is 9.59 Å². The van der Waals surface area contributed by atoms with Gasteiger partial charge in [0.25, 0.3) is 0 Å². The lowest BCUT2D eigenvalue weighted by molar-refractivity contribution is -0.142. The predicted octanol–water partition coefficient (Wildman–Crippen LogP) is 0.0958. The maximum Gasteiger partial charge on any atom is 0.307 e. The summed E-state index contributed by atoms with van der Waals surface area (Å²) < 4.78 is 4.88. The minimum Gasteiger partial charge on any atom is -0.481 e. The van der Waals surface area contributed by atoms with Crippen LogP contribution in [0.2, 0.25) is 0 Å². The molecule has 0 aliphatic heterocycles. The Labute approximate surface area is 99.8 Å². The van der Waals surface area contributed by atoms with Gasteiger partial charge in [0.15, 0.2) is 0 Å². The van der Waals surface area contributed by atoms with Gasteiger partial charge >= 0.3 is 5.97 Å². The Hall–Kier alpha value is -1.61. The van der Waals surface area contributed by atoms with Crippen molar-refractivity contribution in [1.82, 2.24) is 4.90 Å². The van der Waals surface area contributed by atoms with E-state index < -0.39 is 17.8 Å². The Morgan fingerprint density at radius 2 is 2.18 bits per heavy atom. The van der Waals surface area contributed by atoms with E-state index in [1.54, 1.807) is 0 Å². The average molecular weight is 240 g/mol. The normalized spacial score (nSPS) is 21.6. The molecule has 1 rings (SSSR count). The first-order valence-electron chi connectivity index (χ1n) is 5.49. The zero-order valence-electron chi connectivity index (χ0n) is 9.76. The second-order valence-corrected chi connectivity index (χ2v) is 4.01. The standard InChI is InChI=1S/C11H16N2O4/c1-17-6-5-13(4-2-3-12)10(14)8-7-9(8)11(15)16/h8-9H,2,4-7H2,1H3,(H,15,16). The molecule has 1 fully saturated rings. The van der Waals surface area contributed by atoms with Crippen LogP contribution in [0.3, 0.4) is 0 Å². The van der Waals surface area contributed by atoms with Gasteiger partial charge in [0.1, 0.15) is 0 Å². The monoisotopic (exact) mass is 240 g/mol. The van der Waals surface area contributed by atoms with Crippen molar-refractivity contribution in [2.45, 2.75) is 12.8 Å². The Balaban J connectivity index is 2.49. The molecular weight excluding hydrogens is 224 g/mol. The summed E-state index contributed by atoms with van der Waals surface area (Å²) in [5, 5.41) is 17.3. The Morgan fingerprint density at radius 3 is 2.65 bits per heavy atom. The summed E-state index contributed by atoms with van der Waals surface area (Å²) in [5.74, 6) is -2.06. The molecule has 0 aromatic rings. The Morgan fingerprint density at radius 1 is 1.47 bits per heavy atom. The summed E-state index contributed by atoms with van der Waals surface area (Å²) in [4.78, 5) is 24.1. The number of hydrogen-bond acceptors (Lipinski definition) is 4. The van der Waals surface area contributed by atoms with Crippen molar-refractivity contribution in [1.29, 1.82) is 5.26 Å². The van der Waals surface area contributed by atoms with Crippen LogP contribution in [-0.4, -0.2) is 48.7 Å². The number of hydrogen-bond donors (Lipinski definition) is 1.